The van der Waals surface area contributed by atoms with Crippen LogP contribution in [0.2, 0.25) is 0 Å². The first-order chi connectivity index (χ1) is 11.5. The minimum atomic E-state index is -0.132. The number of fused-ring (bicyclic) bond motifs is 1. The van der Waals surface area contributed by atoms with Crippen molar-refractivity contribution in [3.8, 4) is 0 Å². The second-order valence-electron chi connectivity index (χ2n) is 5.72. The first-order valence-electron chi connectivity index (χ1n) is 7.70. The molecule has 1 heterocycles. The standard InChI is InChI=1S/C19H17BrN2O2/c1-12-4-2-5-13-10-14(19(24)22-18(12)13)8-9-17(23)21-16-7-3-6-15(20)11-16/h2-7,10-11H,8-9H2,1H3,(H,21,23)(H,22,24). The van der Waals surface area contributed by atoms with Gasteiger partial charge in [0, 0.05) is 22.1 Å². The second-order valence-corrected chi connectivity index (χ2v) is 6.64. The van der Waals surface area contributed by atoms with Crippen molar-refractivity contribution in [3.63, 3.8) is 0 Å². The quantitative estimate of drug-likeness (QED) is 0.708. The molecule has 24 heavy (non-hydrogen) atoms. The van der Waals surface area contributed by atoms with E-state index in [1.54, 1.807) is 0 Å². The van der Waals surface area contributed by atoms with Crippen molar-refractivity contribution < 1.29 is 4.79 Å². The number of benzene rings is 2. The lowest BCUT2D eigenvalue weighted by Gasteiger charge is -2.07. The molecule has 0 aliphatic carbocycles. The molecule has 3 aromatic rings. The number of rotatable bonds is 4. The number of aryl methyl sites for hydroxylation is 2. The lowest BCUT2D eigenvalue weighted by Crippen LogP contribution is -2.17. The van der Waals surface area contributed by atoms with Crippen LogP contribution in [0.15, 0.2) is 57.8 Å². The van der Waals surface area contributed by atoms with E-state index < -0.39 is 0 Å². The SMILES string of the molecule is Cc1cccc2cc(CCC(=O)Nc3cccc(Br)c3)c(=O)[nH]c12. The van der Waals surface area contributed by atoms with Crippen molar-refractivity contribution in [3.05, 3.63) is 74.5 Å². The summed E-state index contributed by atoms with van der Waals surface area (Å²) in [5.74, 6) is -0.114. The number of aromatic amines is 1. The summed E-state index contributed by atoms with van der Waals surface area (Å²) in [6.45, 7) is 1.96. The van der Waals surface area contributed by atoms with Gasteiger partial charge in [0.15, 0.2) is 0 Å². The normalized spacial score (nSPS) is 10.8. The third-order valence-corrected chi connectivity index (χ3v) is 4.39. The van der Waals surface area contributed by atoms with Crippen LogP contribution in [-0.2, 0) is 11.2 Å². The Labute approximate surface area is 148 Å². The zero-order valence-corrected chi connectivity index (χ0v) is 14.8. The van der Waals surface area contributed by atoms with Gasteiger partial charge in [0.2, 0.25) is 5.91 Å². The molecule has 0 spiro atoms. The second kappa shape index (κ2) is 7.01. The first-order valence-corrected chi connectivity index (χ1v) is 8.49. The number of hydrogen-bond acceptors (Lipinski definition) is 2. The monoisotopic (exact) mass is 384 g/mol. The number of nitrogens with one attached hydrogen (secondary N) is 2. The molecule has 5 heteroatoms. The number of hydrogen-bond donors (Lipinski definition) is 2. The zero-order chi connectivity index (χ0) is 17.1. The third-order valence-electron chi connectivity index (χ3n) is 3.89. The van der Waals surface area contributed by atoms with Gasteiger partial charge in [-0.2, -0.15) is 0 Å². The predicted octanol–water partition coefficient (Wildman–Crippen LogP) is 4.17. The highest BCUT2D eigenvalue weighted by Gasteiger charge is 2.08. The number of carbonyl (C=O) groups is 1. The van der Waals surface area contributed by atoms with E-state index in [1.165, 1.54) is 0 Å². The van der Waals surface area contributed by atoms with Crippen LogP contribution < -0.4 is 10.9 Å². The predicted molar refractivity (Wildman–Crippen MR) is 100 cm³/mol. The van der Waals surface area contributed by atoms with E-state index in [0.717, 1.165) is 26.6 Å². The van der Waals surface area contributed by atoms with E-state index in [4.69, 9.17) is 0 Å². The van der Waals surface area contributed by atoms with Gasteiger partial charge in [0.25, 0.3) is 5.56 Å². The van der Waals surface area contributed by atoms with Gasteiger partial charge in [-0.05, 0) is 48.6 Å². The fraction of sp³-hybridized carbons (Fsp3) is 0.158. The number of aromatic nitrogens is 1. The van der Waals surface area contributed by atoms with Gasteiger partial charge in [0.05, 0.1) is 5.52 Å². The molecule has 1 aromatic heterocycles. The zero-order valence-electron chi connectivity index (χ0n) is 13.2. The lowest BCUT2D eigenvalue weighted by atomic mass is 10.1. The van der Waals surface area contributed by atoms with Gasteiger partial charge in [-0.25, -0.2) is 0 Å². The van der Waals surface area contributed by atoms with E-state index in [1.807, 2.05) is 55.5 Å². The molecule has 122 valence electrons. The topological polar surface area (TPSA) is 62.0 Å². The number of amides is 1. The Balaban J connectivity index is 1.72. The lowest BCUT2D eigenvalue weighted by molar-refractivity contribution is -0.116. The number of H-pyrrole nitrogens is 1. The summed E-state index contributed by atoms with van der Waals surface area (Å²) >= 11 is 3.37. The summed E-state index contributed by atoms with van der Waals surface area (Å²) in [7, 11) is 0. The van der Waals surface area contributed by atoms with Gasteiger partial charge in [-0.1, -0.05) is 40.2 Å². The van der Waals surface area contributed by atoms with E-state index in [9.17, 15) is 9.59 Å². The maximum absolute atomic E-state index is 12.2. The molecule has 0 radical (unpaired) electrons. The highest BCUT2D eigenvalue weighted by Crippen LogP contribution is 2.17. The Bertz CT molecular complexity index is 963. The Morgan fingerprint density at radius 1 is 1.17 bits per heavy atom. The number of halogens is 1. The van der Waals surface area contributed by atoms with Crippen LogP contribution in [0.5, 0.6) is 0 Å². The van der Waals surface area contributed by atoms with Crippen LogP contribution in [0, 0.1) is 6.92 Å². The van der Waals surface area contributed by atoms with Crippen molar-refractivity contribution in [1.82, 2.24) is 4.98 Å². The van der Waals surface area contributed by atoms with Crippen molar-refractivity contribution in [1.29, 1.82) is 0 Å². The Kier molecular flexibility index (Phi) is 4.81. The number of pyridine rings is 1. The van der Waals surface area contributed by atoms with Crippen LogP contribution in [0.3, 0.4) is 0 Å². The van der Waals surface area contributed by atoms with E-state index in [0.29, 0.717) is 12.0 Å². The summed E-state index contributed by atoms with van der Waals surface area (Å²) in [4.78, 5) is 27.2. The Morgan fingerprint density at radius 3 is 2.75 bits per heavy atom. The van der Waals surface area contributed by atoms with E-state index in [2.05, 4.69) is 26.2 Å². The van der Waals surface area contributed by atoms with Crippen molar-refractivity contribution in [2.75, 3.05) is 5.32 Å². The van der Waals surface area contributed by atoms with E-state index >= 15 is 0 Å². The molecule has 2 N–H and O–H groups in total. The van der Waals surface area contributed by atoms with Gasteiger partial charge in [-0.15, -0.1) is 0 Å². The van der Waals surface area contributed by atoms with E-state index in [-0.39, 0.29) is 17.9 Å². The average Bonchev–Trinajstić information content (AvgIpc) is 2.54. The van der Waals surface area contributed by atoms with Crippen LogP contribution in [-0.4, -0.2) is 10.9 Å². The smallest absolute Gasteiger partial charge is 0.251 e. The minimum Gasteiger partial charge on any atom is -0.326 e. The molecule has 3 rings (SSSR count). The minimum absolute atomic E-state index is 0.114. The molecule has 2 aromatic carbocycles. The van der Waals surface area contributed by atoms with Gasteiger partial charge >= 0.3 is 0 Å². The van der Waals surface area contributed by atoms with Crippen LogP contribution in [0.1, 0.15) is 17.5 Å². The first kappa shape index (κ1) is 16.5. The molecule has 0 aliphatic rings. The fourth-order valence-corrected chi connectivity index (χ4v) is 3.05. The highest BCUT2D eigenvalue weighted by atomic mass is 79.9. The van der Waals surface area contributed by atoms with Crippen molar-refractivity contribution in [2.24, 2.45) is 0 Å². The maximum Gasteiger partial charge on any atom is 0.251 e. The van der Waals surface area contributed by atoms with Crippen LogP contribution in [0.25, 0.3) is 10.9 Å². The Morgan fingerprint density at radius 2 is 1.96 bits per heavy atom. The summed E-state index contributed by atoms with van der Waals surface area (Å²) < 4.78 is 0.904. The number of para-hydroxylation sites is 1. The summed E-state index contributed by atoms with van der Waals surface area (Å²) in [5.41, 5.74) is 3.11. The van der Waals surface area contributed by atoms with Crippen LogP contribution in [0.4, 0.5) is 5.69 Å². The highest BCUT2D eigenvalue weighted by molar-refractivity contribution is 9.10. The molecule has 1 amide bonds. The number of anilines is 1. The molecular formula is C19H17BrN2O2. The molecule has 0 fully saturated rings. The average molecular weight is 385 g/mol. The molecule has 4 nitrogen and oxygen atoms in total. The molecule has 0 unspecified atom stereocenters. The summed E-state index contributed by atoms with van der Waals surface area (Å²) in [6, 6.07) is 15.2. The largest absolute Gasteiger partial charge is 0.326 e. The van der Waals surface area contributed by atoms with Gasteiger partial charge in [0.1, 0.15) is 0 Å². The fourth-order valence-electron chi connectivity index (χ4n) is 2.65. The molecule has 0 bridgehead atoms. The van der Waals surface area contributed by atoms with Crippen molar-refractivity contribution in [2.45, 2.75) is 19.8 Å². The molecule has 0 atom stereocenters. The Hall–Kier alpha value is -2.40. The molecule has 0 saturated heterocycles. The molecule has 0 saturated carbocycles. The van der Waals surface area contributed by atoms with Crippen molar-refractivity contribution >= 4 is 38.4 Å². The summed E-state index contributed by atoms with van der Waals surface area (Å²) in [6.07, 6.45) is 0.659. The van der Waals surface area contributed by atoms with Gasteiger partial charge in [-0.3, -0.25) is 9.59 Å². The third kappa shape index (κ3) is 3.74. The molecule has 0 aliphatic heterocycles. The molecular weight excluding hydrogens is 368 g/mol. The van der Waals surface area contributed by atoms with Crippen LogP contribution >= 0.6 is 15.9 Å². The van der Waals surface area contributed by atoms with Gasteiger partial charge < -0.3 is 10.3 Å². The number of carbonyl (C=O) groups excluding carboxylic acids is 1. The summed E-state index contributed by atoms with van der Waals surface area (Å²) in [5, 5.41) is 3.82. The maximum atomic E-state index is 12.2.